The number of benzene rings is 1. The fraction of sp³-hybridized carbons (Fsp3) is 0.125. The highest BCUT2D eigenvalue weighted by Gasteiger charge is 2.02. The fourth-order valence-corrected chi connectivity index (χ4v) is 0.771. The molecule has 15 heavy (non-hydrogen) atoms. The third-order valence-corrected chi connectivity index (χ3v) is 1.28. The summed E-state index contributed by atoms with van der Waals surface area (Å²) in [6.45, 7) is 1.43. The molecule has 0 atom stereocenters. The molecule has 0 heterocycles. The Balaban J connectivity index is 0.000000336. The van der Waals surface area contributed by atoms with Crippen LogP contribution in [-0.4, -0.2) is 28.4 Å². The van der Waals surface area contributed by atoms with E-state index < -0.39 is 10.4 Å². The van der Waals surface area contributed by atoms with Gasteiger partial charge in [0.2, 0.25) is 0 Å². The summed E-state index contributed by atoms with van der Waals surface area (Å²) in [5.74, 6) is -0.0619. The van der Waals surface area contributed by atoms with Gasteiger partial charge < -0.3 is 5.11 Å². The van der Waals surface area contributed by atoms with Gasteiger partial charge in [-0.05, 0) is 19.1 Å². The van der Waals surface area contributed by atoms with Gasteiger partial charge in [-0.1, -0.05) is 12.1 Å². The van der Waals surface area contributed by atoms with Crippen molar-refractivity contribution in [3.63, 3.8) is 0 Å². The summed E-state index contributed by atoms with van der Waals surface area (Å²) in [4.78, 5) is 10.7. The van der Waals surface area contributed by atoms with E-state index in [1.807, 2.05) is 0 Å². The summed E-state index contributed by atoms with van der Waals surface area (Å²) in [6.07, 6.45) is 0. The number of hydrogen-bond donors (Lipinski definition) is 3. The molecule has 7 heteroatoms. The van der Waals surface area contributed by atoms with Crippen molar-refractivity contribution in [2.75, 3.05) is 0 Å². The second-order valence-electron chi connectivity index (χ2n) is 2.52. The van der Waals surface area contributed by atoms with Gasteiger partial charge in [-0.2, -0.15) is 8.42 Å². The van der Waals surface area contributed by atoms with Gasteiger partial charge in [0.25, 0.3) is 0 Å². The quantitative estimate of drug-likeness (QED) is 0.492. The standard InChI is InChI=1S/C8H8O2.H2O4S/c1-6(9)7-4-2-3-5-8(7)10;1-5(2,3)4/h2-5,10H,1H3;(H2,1,2,3,4). The molecule has 0 amide bonds. The Bertz CT molecular complexity index is 428. The predicted molar refractivity (Wildman–Crippen MR) is 52.3 cm³/mol. The van der Waals surface area contributed by atoms with Crippen LogP contribution in [0, 0.1) is 0 Å². The Kier molecular flexibility index (Phi) is 4.92. The number of Topliss-reactive ketones (excluding diaryl/α,β-unsaturated/α-hetero) is 1. The SMILES string of the molecule is CC(=O)c1ccccc1O.O=S(=O)(O)O. The third kappa shape index (κ3) is 7.62. The number of aromatic hydroxyl groups is 1. The highest BCUT2D eigenvalue weighted by molar-refractivity contribution is 7.79. The van der Waals surface area contributed by atoms with Crippen LogP contribution in [0.5, 0.6) is 5.75 Å². The zero-order valence-electron chi connectivity index (χ0n) is 7.78. The van der Waals surface area contributed by atoms with Gasteiger partial charge in [0.15, 0.2) is 5.78 Å². The van der Waals surface area contributed by atoms with Crippen LogP contribution in [0.4, 0.5) is 0 Å². The first-order valence-corrected chi connectivity index (χ1v) is 5.10. The van der Waals surface area contributed by atoms with Gasteiger partial charge in [0, 0.05) is 0 Å². The van der Waals surface area contributed by atoms with Gasteiger partial charge >= 0.3 is 10.4 Å². The maximum Gasteiger partial charge on any atom is 0.394 e. The largest absolute Gasteiger partial charge is 0.507 e. The summed E-state index contributed by atoms with van der Waals surface area (Å²) >= 11 is 0. The van der Waals surface area contributed by atoms with Gasteiger partial charge in [-0.3, -0.25) is 13.9 Å². The minimum Gasteiger partial charge on any atom is -0.507 e. The Morgan fingerprint density at radius 2 is 1.60 bits per heavy atom. The zero-order valence-corrected chi connectivity index (χ0v) is 8.60. The van der Waals surface area contributed by atoms with Crippen LogP contribution in [0.2, 0.25) is 0 Å². The molecule has 0 saturated carbocycles. The molecule has 0 bridgehead atoms. The molecule has 6 nitrogen and oxygen atoms in total. The average Bonchev–Trinajstić information content (AvgIpc) is 2.01. The number of ketones is 1. The number of carbonyl (C=O) groups excluding carboxylic acids is 1. The van der Waals surface area contributed by atoms with E-state index in [0.717, 1.165) is 0 Å². The van der Waals surface area contributed by atoms with E-state index in [1.54, 1.807) is 18.2 Å². The molecule has 0 fully saturated rings. The molecule has 1 aromatic carbocycles. The lowest BCUT2D eigenvalue weighted by Crippen LogP contribution is -1.90. The smallest absolute Gasteiger partial charge is 0.394 e. The van der Waals surface area contributed by atoms with Gasteiger partial charge in [-0.15, -0.1) is 0 Å². The van der Waals surface area contributed by atoms with Crippen LogP contribution < -0.4 is 0 Å². The monoisotopic (exact) mass is 234 g/mol. The highest BCUT2D eigenvalue weighted by atomic mass is 32.3. The van der Waals surface area contributed by atoms with Crippen molar-refractivity contribution < 1.29 is 27.4 Å². The van der Waals surface area contributed by atoms with Crippen molar-refractivity contribution in [1.82, 2.24) is 0 Å². The first-order valence-electron chi connectivity index (χ1n) is 3.70. The molecule has 0 aliphatic rings. The molecule has 3 N–H and O–H groups in total. The van der Waals surface area contributed by atoms with Crippen LogP contribution in [0.3, 0.4) is 0 Å². The summed E-state index contributed by atoms with van der Waals surface area (Å²) in [5, 5.41) is 9.06. The summed E-state index contributed by atoms with van der Waals surface area (Å²) in [6, 6.07) is 6.49. The van der Waals surface area contributed by atoms with E-state index in [1.165, 1.54) is 13.0 Å². The lowest BCUT2D eigenvalue weighted by atomic mass is 10.1. The maximum absolute atomic E-state index is 10.7. The van der Waals surface area contributed by atoms with Crippen molar-refractivity contribution in [2.45, 2.75) is 6.92 Å². The third-order valence-electron chi connectivity index (χ3n) is 1.28. The summed E-state index contributed by atoms with van der Waals surface area (Å²) in [5.41, 5.74) is 0.377. The van der Waals surface area contributed by atoms with Crippen molar-refractivity contribution in [1.29, 1.82) is 0 Å². The number of phenolic OH excluding ortho intramolecular Hbond substituents is 1. The normalized spacial score (nSPS) is 10.1. The zero-order chi connectivity index (χ0) is 12.1. The van der Waals surface area contributed by atoms with Crippen LogP contribution >= 0.6 is 0 Å². The van der Waals surface area contributed by atoms with Crippen LogP contribution in [0.15, 0.2) is 24.3 Å². The number of carbonyl (C=O) groups is 1. The number of rotatable bonds is 1. The number of hydrogen-bond acceptors (Lipinski definition) is 4. The number of para-hydroxylation sites is 1. The highest BCUT2D eigenvalue weighted by Crippen LogP contribution is 2.15. The van der Waals surface area contributed by atoms with E-state index in [-0.39, 0.29) is 11.5 Å². The van der Waals surface area contributed by atoms with Crippen molar-refractivity contribution >= 4 is 16.2 Å². The van der Waals surface area contributed by atoms with E-state index in [9.17, 15) is 4.79 Å². The molecule has 0 spiro atoms. The van der Waals surface area contributed by atoms with E-state index in [4.69, 9.17) is 22.6 Å². The average molecular weight is 234 g/mol. The molecule has 0 saturated heterocycles. The summed E-state index contributed by atoms with van der Waals surface area (Å²) < 4.78 is 31.6. The van der Waals surface area contributed by atoms with Crippen LogP contribution in [0.1, 0.15) is 17.3 Å². The van der Waals surface area contributed by atoms with E-state index in [2.05, 4.69) is 0 Å². The summed E-state index contributed by atoms with van der Waals surface area (Å²) in [7, 11) is -4.67. The molecule has 0 aliphatic carbocycles. The molecule has 0 radical (unpaired) electrons. The minimum atomic E-state index is -4.67. The number of phenols is 1. The predicted octanol–water partition coefficient (Wildman–Crippen LogP) is 0.942. The van der Waals surface area contributed by atoms with Gasteiger partial charge in [-0.25, -0.2) is 0 Å². The second-order valence-corrected chi connectivity index (χ2v) is 3.42. The Hall–Kier alpha value is -1.44. The van der Waals surface area contributed by atoms with Gasteiger partial charge in [0.05, 0.1) is 5.56 Å². The van der Waals surface area contributed by atoms with Crippen LogP contribution in [0.25, 0.3) is 0 Å². The van der Waals surface area contributed by atoms with Gasteiger partial charge in [0.1, 0.15) is 5.75 Å². The lowest BCUT2D eigenvalue weighted by molar-refractivity contribution is 0.101. The minimum absolute atomic E-state index is 0.0509. The Labute approximate surface area is 86.8 Å². The molecule has 84 valence electrons. The first kappa shape index (κ1) is 13.6. The van der Waals surface area contributed by atoms with Crippen LogP contribution in [-0.2, 0) is 10.4 Å². The molecule has 0 aliphatic heterocycles. The molecule has 0 unspecified atom stereocenters. The molecule has 0 aromatic heterocycles. The van der Waals surface area contributed by atoms with Crippen molar-refractivity contribution in [3.8, 4) is 5.75 Å². The second kappa shape index (κ2) is 5.44. The first-order chi connectivity index (χ1) is 6.72. The Morgan fingerprint density at radius 3 is 1.87 bits per heavy atom. The molecular weight excluding hydrogens is 224 g/mol. The molecule has 1 aromatic rings. The maximum atomic E-state index is 10.7. The van der Waals surface area contributed by atoms with E-state index in [0.29, 0.717) is 5.56 Å². The topological polar surface area (TPSA) is 112 Å². The Morgan fingerprint density at radius 1 is 1.20 bits per heavy atom. The van der Waals surface area contributed by atoms with Crippen molar-refractivity contribution in [3.05, 3.63) is 29.8 Å². The van der Waals surface area contributed by atoms with Crippen molar-refractivity contribution in [2.24, 2.45) is 0 Å². The molecule has 1 rings (SSSR count). The fourth-order valence-electron chi connectivity index (χ4n) is 0.771. The molecular formula is C8H10O6S. The van der Waals surface area contributed by atoms with E-state index >= 15 is 0 Å². The lowest BCUT2D eigenvalue weighted by Gasteiger charge is -1.96.